The van der Waals surface area contributed by atoms with Crippen molar-refractivity contribution in [3.63, 3.8) is 0 Å². The van der Waals surface area contributed by atoms with Gasteiger partial charge in [0.05, 0.1) is 37.5 Å². The summed E-state index contributed by atoms with van der Waals surface area (Å²) in [4.78, 5) is 12.1. The van der Waals surface area contributed by atoms with Gasteiger partial charge in [0.15, 0.2) is 0 Å². The van der Waals surface area contributed by atoms with E-state index < -0.39 is 0 Å². The van der Waals surface area contributed by atoms with Crippen LogP contribution in [0.5, 0.6) is 0 Å². The molecule has 5 nitrogen and oxygen atoms in total. The standard InChI is InChI=1S/C22H32N2O3/c25-21-11-14-26-16-22(24-21)12-4-13-23-20(22)15-27-19-9-7-18(8-10-19)17-5-2-1-3-6-17/h1-3,5-6,18-20,23H,4,7-16H2,(H,24,25). The zero-order valence-corrected chi connectivity index (χ0v) is 16.1. The SMILES string of the molecule is O=C1CCOCC2(CCCNC2COC2CCC(c3ccccc3)CC2)N1. The summed E-state index contributed by atoms with van der Waals surface area (Å²) in [5, 5.41) is 6.84. The summed E-state index contributed by atoms with van der Waals surface area (Å²) in [6.07, 6.45) is 7.41. The predicted octanol–water partition coefficient (Wildman–Crippen LogP) is 2.76. The lowest BCUT2D eigenvalue weighted by Gasteiger charge is -2.44. The van der Waals surface area contributed by atoms with Gasteiger partial charge in [0.25, 0.3) is 0 Å². The Morgan fingerprint density at radius 1 is 1.15 bits per heavy atom. The highest BCUT2D eigenvalue weighted by molar-refractivity contribution is 5.77. The number of nitrogens with one attached hydrogen (secondary N) is 2. The van der Waals surface area contributed by atoms with Gasteiger partial charge in [0.1, 0.15) is 0 Å². The van der Waals surface area contributed by atoms with Crippen LogP contribution in [0.1, 0.15) is 56.4 Å². The van der Waals surface area contributed by atoms with Crippen LogP contribution in [0.3, 0.4) is 0 Å². The first kappa shape index (κ1) is 18.9. The molecular formula is C22H32N2O3. The number of hydrogen-bond acceptors (Lipinski definition) is 4. The van der Waals surface area contributed by atoms with E-state index in [1.54, 1.807) is 0 Å². The summed E-state index contributed by atoms with van der Waals surface area (Å²) in [7, 11) is 0. The number of rotatable bonds is 4. The summed E-state index contributed by atoms with van der Waals surface area (Å²) >= 11 is 0. The molecule has 148 valence electrons. The van der Waals surface area contributed by atoms with Crippen molar-refractivity contribution in [1.82, 2.24) is 10.6 Å². The maximum atomic E-state index is 12.1. The van der Waals surface area contributed by atoms with Crippen molar-refractivity contribution in [1.29, 1.82) is 0 Å². The average Bonchev–Trinajstić information content (AvgIpc) is 2.90. The summed E-state index contributed by atoms with van der Waals surface area (Å²) in [5.74, 6) is 0.768. The first-order valence-corrected chi connectivity index (χ1v) is 10.5. The Hall–Kier alpha value is -1.43. The van der Waals surface area contributed by atoms with E-state index in [4.69, 9.17) is 9.47 Å². The van der Waals surface area contributed by atoms with E-state index in [1.165, 1.54) is 18.4 Å². The number of carbonyl (C=O) groups is 1. The normalized spacial score (nSPS) is 34.8. The van der Waals surface area contributed by atoms with Crippen molar-refractivity contribution < 1.29 is 14.3 Å². The second kappa shape index (κ2) is 8.72. The van der Waals surface area contributed by atoms with Crippen molar-refractivity contribution in [2.75, 3.05) is 26.4 Å². The van der Waals surface area contributed by atoms with Crippen LogP contribution in [0.25, 0.3) is 0 Å². The summed E-state index contributed by atoms with van der Waals surface area (Å²) in [6.45, 7) is 2.72. The molecule has 3 fully saturated rings. The third-order valence-corrected chi connectivity index (χ3v) is 6.52. The summed E-state index contributed by atoms with van der Waals surface area (Å²) < 4.78 is 12.1. The highest BCUT2D eigenvalue weighted by atomic mass is 16.5. The van der Waals surface area contributed by atoms with Crippen molar-refractivity contribution >= 4 is 5.91 Å². The number of amides is 1. The van der Waals surface area contributed by atoms with Crippen molar-refractivity contribution in [3.8, 4) is 0 Å². The van der Waals surface area contributed by atoms with Crippen LogP contribution < -0.4 is 10.6 Å². The van der Waals surface area contributed by atoms with Crippen LogP contribution in [0.2, 0.25) is 0 Å². The molecule has 3 aliphatic rings. The van der Waals surface area contributed by atoms with E-state index in [0.717, 1.165) is 32.2 Å². The smallest absolute Gasteiger partial charge is 0.222 e. The van der Waals surface area contributed by atoms with Gasteiger partial charge in [-0.3, -0.25) is 4.79 Å². The Kier molecular flexibility index (Phi) is 6.11. The number of benzene rings is 1. The van der Waals surface area contributed by atoms with Gasteiger partial charge in [0.2, 0.25) is 5.91 Å². The minimum Gasteiger partial charge on any atom is -0.378 e. The predicted molar refractivity (Wildman–Crippen MR) is 105 cm³/mol. The maximum Gasteiger partial charge on any atom is 0.222 e. The van der Waals surface area contributed by atoms with Crippen molar-refractivity contribution in [2.45, 2.75) is 68.5 Å². The highest BCUT2D eigenvalue weighted by Gasteiger charge is 2.43. The van der Waals surface area contributed by atoms with Gasteiger partial charge in [-0.15, -0.1) is 0 Å². The quantitative estimate of drug-likeness (QED) is 0.853. The van der Waals surface area contributed by atoms with Gasteiger partial charge in [-0.05, 0) is 56.6 Å². The molecular weight excluding hydrogens is 340 g/mol. The van der Waals surface area contributed by atoms with E-state index in [-0.39, 0.29) is 17.5 Å². The number of hydrogen-bond donors (Lipinski definition) is 2. The van der Waals surface area contributed by atoms with Crippen molar-refractivity contribution in [2.24, 2.45) is 0 Å². The molecule has 4 rings (SSSR count). The second-order valence-electron chi connectivity index (χ2n) is 8.33. The number of ether oxygens (including phenoxy) is 2. The molecule has 1 aliphatic carbocycles. The van der Waals surface area contributed by atoms with Crippen LogP contribution >= 0.6 is 0 Å². The topological polar surface area (TPSA) is 59.6 Å². The van der Waals surface area contributed by atoms with E-state index in [2.05, 4.69) is 41.0 Å². The first-order valence-electron chi connectivity index (χ1n) is 10.5. The molecule has 0 bridgehead atoms. The van der Waals surface area contributed by atoms with Crippen molar-refractivity contribution in [3.05, 3.63) is 35.9 Å². The lowest BCUT2D eigenvalue weighted by Crippen LogP contribution is -2.67. The average molecular weight is 373 g/mol. The van der Waals surface area contributed by atoms with E-state index >= 15 is 0 Å². The molecule has 5 heteroatoms. The minimum atomic E-state index is -0.312. The molecule has 1 aromatic carbocycles. The molecule has 2 atom stereocenters. The monoisotopic (exact) mass is 372 g/mol. The van der Waals surface area contributed by atoms with Gasteiger partial charge in [-0.2, -0.15) is 0 Å². The molecule has 2 N–H and O–H groups in total. The third-order valence-electron chi connectivity index (χ3n) is 6.52. The van der Waals surface area contributed by atoms with Crippen LogP contribution in [-0.4, -0.2) is 50.0 Å². The zero-order chi connectivity index (χ0) is 18.5. The molecule has 2 unspecified atom stereocenters. The Balaban J connectivity index is 1.31. The van der Waals surface area contributed by atoms with Crippen LogP contribution in [0.4, 0.5) is 0 Å². The van der Waals surface area contributed by atoms with Crippen LogP contribution in [0, 0.1) is 0 Å². The van der Waals surface area contributed by atoms with Crippen LogP contribution in [-0.2, 0) is 14.3 Å². The molecule has 2 heterocycles. The van der Waals surface area contributed by atoms with E-state index in [9.17, 15) is 4.79 Å². The number of carbonyl (C=O) groups excluding carboxylic acids is 1. The fraction of sp³-hybridized carbons (Fsp3) is 0.682. The molecule has 2 aliphatic heterocycles. The molecule has 27 heavy (non-hydrogen) atoms. The summed E-state index contributed by atoms with van der Waals surface area (Å²) in [6, 6.07) is 11.0. The lowest BCUT2D eigenvalue weighted by molar-refractivity contribution is -0.123. The van der Waals surface area contributed by atoms with Gasteiger partial charge in [-0.1, -0.05) is 30.3 Å². The van der Waals surface area contributed by atoms with Crippen LogP contribution in [0.15, 0.2) is 30.3 Å². The van der Waals surface area contributed by atoms with Gasteiger partial charge >= 0.3 is 0 Å². The Morgan fingerprint density at radius 3 is 2.78 bits per heavy atom. The Bertz CT molecular complexity index is 615. The fourth-order valence-electron chi connectivity index (χ4n) is 4.91. The molecule has 1 spiro atoms. The van der Waals surface area contributed by atoms with Gasteiger partial charge < -0.3 is 20.1 Å². The molecule has 0 aromatic heterocycles. The maximum absolute atomic E-state index is 12.1. The molecule has 1 saturated carbocycles. The fourth-order valence-corrected chi connectivity index (χ4v) is 4.91. The van der Waals surface area contributed by atoms with Gasteiger partial charge in [0, 0.05) is 6.42 Å². The highest BCUT2D eigenvalue weighted by Crippen LogP contribution is 2.34. The molecule has 1 amide bonds. The largest absolute Gasteiger partial charge is 0.378 e. The van der Waals surface area contributed by atoms with Gasteiger partial charge in [-0.25, -0.2) is 0 Å². The Morgan fingerprint density at radius 2 is 1.96 bits per heavy atom. The molecule has 1 aromatic rings. The van der Waals surface area contributed by atoms with E-state index in [0.29, 0.717) is 38.3 Å². The molecule has 0 radical (unpaired) electrons. The zero-order valence-electron chi connectivity index (χ0n) is 16.1. The minimum absolute atomic E-state index is 0.101. The Labute approximate surface area is 162 Å². The number of piperidine rings is 1. The summed E-state index contributed by atoms with van der Waals surface area (Å²) in [5.41, 5.74) is 1.15. The lowest BCUT2D eigenvalue weighted by atomic mass is 9.82. The molecule has 2 saturated heterocycles. The second-order valence-corrected chi connectivity index (χ2v) is 8.33. The third kappa shape index (κ3) is 4.53. The van der Waals surface area contributed by atoms with E-state index in [1.807, 2.05) is 0 Å². The first-order chi connectivity index (χ1) is 13.3.